The van der Waals surface area contributed by atoms with Crippen LogP contribution >= 0.6 is 0 Å². The SMILES string of the molecule is CC(NC(=O)COC(=O)C1(c2ccccc2)CCCC1)C1CC2CCC1C2. The average Bonchev–Trinajstić information content (AvgIpc) is 3.43. The molecule has 146 valence electrons. The molecule has 1 aromatic rings. The molecule has 3 saturated carbocycles. The van der Waals surface area contributed by atoms with E-state index in [-0.39, 0.29) is 24.5 Å². The molecule has 3 aliphatic carbocycles. The number of ether oxygens (including phenoxy) is 1. The van der Waals surface area contributed by atoms with Crippen LogP contribution in [0.15, 0.2) is 30.3 Å². The van der Waals surface area contributed by atoms with Crippen molar-refractivity contribution in [3.05, 3.63) is 35.9 Å². The third kappa shape index (κ3) is 3.63. The summed E-state index contributed by atoms with van der Waals surface area (Å²) in [6.07, 6.45) is 8.90. The van der Waals surface area contributed by atoms with Crippen molar-refractivity contribution >= 4 is 11.9 Å². The zero-order valence-corrected chi connectivity index (χ0v) is 16.3. The van der Waals surface area contributed by atoms with Gasteiger partial charge < -0.3 is 10.1 Å². The van der Waals surface area contributed by atoms with E-state index >= 15 is 0 Å². The molecule has 1 amide bonds. The van der Waals surface area contributed by atoms with Crippen molar-refractivity contribution in [1.82, 2.24) is 5.32 Å². The van der Waals surface area contributed by atoms with E-state index in [4.69, 9.17) is 4.74 Å². The topological polar surface area (TPSA) is 55.4 Å². The highest BCUT2D eigenvalue weighted by Gasteiger charge is 2.45. The monoisotopic (exact) mass is 369 g/mol. The van der Waals surface area contributed by atoms with Crippen LogP contribution in [0.1, 0.15) is 63.9 Å². The van der Waals surface area contributed by atoms with Crippen molar-refractivity contribution in [1.29, 1.82) is 0 Å². The summed E-state index contributed by atoms with van der Waals surface area (Å²) in [6.45, 7) is 1.94. The lowest BCUT2D eigenvalue weighted by Gasteiger charge is -2.29. The fourth-order valence-electron chi connectivity index (χ4n) is 5.92. The number of rotatable bonds is 6. The van der Waals surface area contributed by atoms with E-state index in [1.165, 1.54) is 25.7 Å². The number of hydrogen-bond donors (Lipinski definition) is 1. The standard InChI is InChI=1S/C23H31NO3/c1-16(20-14-17-9-10-18(20)13-17)24-21(25)15-27-22(26)23(11-5-6-12-23)19-7-3-2-4-8-19/h2-4,7-8,16-18,20H,5-6,9-15H2,1H3,(H,24,25). The molecule has 4 rings (SSSR count). The Morgan fingerprint density at radius 3 is 2.52 bits per heavy atom. The Labute approximate surface area is 162 Å². The molecule has 0 aromatic heterocycles. The highest BCUT2D eigenvalue weighted by atomic mass is 16.5. The molecule has 3 aliphatic rings. The van der Waals surface area contributed by atoms with E-state index in [0.717, 1.165) is 43.1 Å². The summed E-state index contributed by atoms with van der Waals surface area (Å²) in [7, 11) is 0. The van der Waals surface area contributed by atoms with E-state index < -0.39 is 5.41 Å². The van der Waals surface area contributed by atoms with Crippen LogP contribution in [0, 0.1) is 17.8 Å². The van der Waals surface area contributed by atoms with E-state index in [2.05, 4.69) is 12.2 Å². The summed E-state index contributed by atoms with van der Waals surface area (Å²) in [4.78, 5) is 25.3. The van der Waals surface area contributed by atoms with Gasteiger partial charge in [0.05, 0.1) is 5.41 Å². The van der Waals surface area contributed by atoms with Crippen LogP contribution in [0.3, 0.4) is 0 Å². The third-order valence-electron chi connectivity index (χ3n) is 7.33. The van der Waals surface area contributed by atoms with Gasteiger partial charge in [-0.15, -0.1) is 0 Å². The summed E-state index contributed by atoms with van der Waals surface area (Å²) >= 11 is 0. The van der Waals surface area contributed by atoms with Gasteiger partial charge in [-0.1, -0.05) is 49.6 Å². The molecule has 1 aromatic carbocycles. The number of nitrogens with one attached hydrogen (secondary N) is 1. The number of hydrogen-bond acceptors (Lipinski definition) is 3. The highest BCUT2D eigenvalue weighted by Crippen LogP contribution is 2.49. The van der Waals surface area contributed by atoms with E-state index in [0.29, 0.717) is 5.92 Å². The van der Waals surface area contributed by atoms with Crippen LogP contribution in [-0.4, -0.2) is 24.5 Å². The second kappa shape index (κ2) is 7.65. The van der Waals surface area contributed by atoms with Gasteiger partial charge in [-0.05, 0) is 62.3 Å². The third-order valence-corrected chi connectivity index (χ3v) is 7.33. The van der Waals surface area contributed by atoms with Crippen molar-refractivity contribution in [3.63, 3.8) is 0 Å². The van der Waals surface area contributed by atoms with Crippen LogP contribution < -0.4 is 5.32 Å². The molecule has 2 bridgehead atoms. The van der Waals surface area contributed by atoms with Crippen LogP contribution in [0.4, 0.5) is 0 Å². The van der Waals surface area contributed by atoms with Crippen molar-refractivity contribution in [2.75, 3.05) is 6.61 Å². The number of carbonyl (C=O) groups excluding carboxylic acids is 2. The fraction of sp³-hybridized carbons (Fsp3) is 0.652. The molecule has 0 radical (unpaired) electrons. The lowest BCUT2D eigenvalue weighted by Crippen LogP contribution is -2.43. The molecule has 4 atom stereocenters. The van der Waals surface area contributed by atoms with Gasteiger partial charge in [0.25, 0.3) is 5.91 Å². The summed E-state index contributed by atoms with van der Waals surface area (Å²) in [5.41, 5.74) is 0.445. The quantitative estimate of drug-likeness (QED) is 0.772. The van der Waals surface area contributed by atoms with Crippen molar-refractivity contribution < 1.29 is 14.3 Å². The number of carbonyl (C=O) groups is 2. The Morgan fingerprint density at radius 2 is 1.89 bits per heavy atom. The first kappa shape index (κ1) is 18.5. The molecule has 0 heterocycles. The molecule has 0 saturated heterocycles. The van der Waals surface area contributed by atoms with E-state index in [1.54, 1.807) is 0 Å². The summed E-state index contributed by atoms with van der Waals surface area (Å²) in [6, 6.07) is 10.1. The van der Waals surface area contributed by atoms with Gasteiger partial charge in [0.1, 0.15) is 0 Å². The molecule has 0 aliphatic heterocycles. The van der Waals surface area contributed by atoms with Gasteiger partial charge in [-0.25, -0.2) is 0 Å². The molecular weight excluding hydrogens is 338 g/mol. The maximum absolute atomic E-state index is 12.9. The Hall–Kier alpha value is -1.84. The summed E-state index contributed by atoms with van der Waals surface area (Å²) in [5, 5.41) is 3.09. The van der Waals surface area contributed by atoms with Crippen LogP contribution in [0.25, 0.3) is 0 Å². The summed E-state index contributed by atoms with van der Waals surface area (Å²) in [5.74, 6) is 1.82. The normalized spacial score (nSPS) is 29.4. The highest BCUT2D eigenvalue weighted by molar-refractivity contribution is 5.86. The second-order valence-electron chi connectivity index (χ2n) is 8.93. The first-order valence-corrected chi connectivity index (χ1v) is 10.6. The molecule has 27 heavy (non-hydrogen) atoms. The van der Waals surface area contributed by atoms with Crippen molar-refractivity contribution in [2.45, 2.75) is 69.7 Å². The average molecular weight is 370 g/mol. The molecule has 1 N–H and O–H groups in total. The fourth-order valence-corrected chi connectivity index (χ4v) is 5.92. The lowest BCUT2D eigenvalue weighted by atomic mass is 9.79. The van der Waals surface area contributed by atoms with Crippen molar-refractivity contribution in [3.8, 4) is 0 Å². The molecule has 4 heteroatoms. The minimum atomic E-state index is -0.572. The first-order valence-electron chi connectivity index (χ1n) is 10.6. The minimum absolute atomic E-state index is 0.167. The van der Waals surface area contributed by atoms with E-state index in [1.807, 2.05) is 30.3 Å². The van der Waals surface area contributed by atoms with Crippen LogP contribution in [-0.2, 0) is 19.7 Å². The van der Waals surface area contributed by atoms with Gasteiger partial charge in [0.15, 0.2) is 6.61 Å². The molecular formula is C23H31NO3. The number of fused-ring (bicyclic) bond motifs is 2. The Balaban J connectivity index is 1.32. The van der Waals surface area contributed by atoms with E-state index in [9.17, 15) is 9.59 Å². The zero-order valence-electron chi connectivity index (χ0n) is 16.3. The number of amides is 1. The number of benzene rings is 1. The predicted molar refractivity (Wildman–Crippen MR) is 104 cm³/mol. The molecule has 0 spiro atoms. The smallest absolute Gasteiger partial charge is 0.317 e. The largest absolute Gasteiger partial charge is 0.455 e. The van der Waals surface area contributed by atoms with Gasteiger partial charge in [-0.3, -0.25) is 9.59 Å². The van der Waals surface area contributed by atoms with Gasteiger partial charge in [0, 0.05) is 6.04 Å². The molecule has 4 nitrogen and oxygen atoms in total. The Bertz CT molecular complexity index is 680. The second-order valence-corrected chi connectivity index (χ2v) is 8.93. The van der Waals surface area contributed by atoms with Crippen LogP contribution in [0.5, 0.6) is 0 Å². The molecule has 4 unspecified atom stereocenters. The van der Waals surface area contributed by atoms with Crippen molar-refractivity contribution in [2.24, 2.45) is 17.8 Å². The zero-order chi connectivity index (χ0) is 18.9. The Morgan fingerprint density at radius 1 is 1.15 bits per heavy atom. The molecule has 3 fully saturated rings. The maximum atomic E-state index is 12.9. The van der Waals surface area contributed by atoms with Gasteiger partial charge in [-0.2, -0.15) is 0 Å². The van der Waals surface area contributed by atoms with Gasteiger partial charge in [0.2, 0.25) is 0 Å². The number of esters is 1. The van der Waals surface area contributed by atoms with Gasteiger partial charge >= 0.3 is 5.97 Å². The minimum Gasteiger partial charge on any atom is -0.455 e. The predicted octanol–water partition coefficient (Wildman–Crippen LogP) is 3.98. The van der Waals surface area contributed by atoms with Crippen LogP contribution in [0.2, 0.25) is 0 Å². The lowest BCUT2D eigenvalue weighted by molar-refractivity contribution is -0.154. The Kier molecular flexibility index (Phi) is 5.25. The first-order chi connectivity index (χ1) is 13.1. The maximum Gasteiger partial charge on any atom is 0.317 e. The summed E-state index contributed by atoms with van der Waals surface area (Å²) < 4.78 is 5.52.